The number of hydrogen-bond acceptors (Lipinski definition) is 2. The van der Waals surface area contributed by atoms with Gasteiger partial charge in [-0.15, -0.1) is 0 Å². The topological polar surface area (TPSA) is 21.3 Å². The van der Waals surface area contributed by atoms with E-state index in [9.17, 15) is 13.2 Å². The molecule has 2 unspecified atom stereocenters. The molecule has 1 aromatic carbocycles. The molecule has 2 atom stereocenters. The van der Waals surface area contributed by atoms with Crippen molar-refractivity contribution >= 4 is 0 Å². The van der Waals surface area contributed by atoms with E-state index < -0.39 is 12.8 Å². The minimum absolute atomic E-state index is 0.236. The predicted molar refractivity (Wildman–Crippen MR) is 64.9 cm³/mol. The minimum Gasteiger partial charge on any atom is -0.484 e. The van der Waals surface area contributed by atoms with Crippen LogP contribution in [0.2, 0.25) is 0 Å². The van der Waals surface area contributed by atoms with Gasteiger partial charge in [-0.25, -0.2) is 0 Å². The lowest BCUT2D eigenvalue weighted by Gasteiger charge is -2.20. The van der Waals surface area contributed by atoms with E-state index >= 15 is 0 Å². The van der Waals surface area contributed by atoms with Crippen LogP contribution in [0.15, 0.2) is 24.3 Å². The molecule has 0 bridgehead atoms. The van der Waals surface area contributed by atoms with Crippen LogP contribution < -0.4 is 10.1 Å². The Hall–Kier alpha value is -1.23. The third-order valence-corrected chi connectivity index (χ3v) is 3.01. The molecule has 5 heteroatoms. The van der Waals surface area contributed by atoms with E-state index in [4.69, 9.17) is 0 Å². The maximum Gasteiger partial charge on any atom is 0.422 e. The van der Waals surface area contributed by atoms with E-state index in [0.29, 0.717) is 6.04 Å². The standard InChI is InChI=1S/C13H18F3NO/c1-9(10(2)17-3)11-4-6-12(7-5-11)18-8-13(14,15)16/h4-7,9-10,17H,8H2,1-3H3. The van der Waals surface area contributed by atoms with Crippen LogP contribution in [0.25, 0.3) is 0 Å². The number of ether oxygens (including phenoxy) is 1. The zero-order valence-corrected chi connectivity index (χ0v) is 10.7. The lowest BCUT2D eigenvalue weighted by atomic mass is 9.94. The molecular formula is C13H18F3NO. The van der Waals surface area contributed by atoms with Crippen molar-refractivity contribution in [3.8, 4) is 5.75 Å². The fourth-order valence-electron chi connectivity index (χ4n) is 1.57. The third-order valence-electron chi connectivity index (χ3n) is 3.01. The van der Waals surface area contributed by atoms with Crippen LogP contribution in [-0.4, -0.2) is 25.9 Å². The highest BCUT2D eigenvalue weighted by Gasteiger charge is 2.28. The summed E-state index contributed by atoms with van der Waals surface area (Å²) in [5.41, 5.74) is 1.07. The van der Waals surface area contributed by atoms with E-state index in [2.05, 4.69) is 23.9 Å². The van der Waals surface area contributed by atoms with Gasteiger partial charge >= 0.3 is 6.18 Å². The minimum atomic E-state index is -4.30. The van der Waals surface area contributed by atoms with Crippen molar-refractivity contribution in [3.05, 3.63) is 29.8 Å². The monoisotopic (exact) mass is 261 g/mol. The van der Waals surface area contributed by atoms with Gasteiger partial charge in [0.25, 0.3) is 0 Å². The number of alkyl halides is 3. The lowest BCUT2D eigenvalue weighted by Crippen LogP contribution is -2.27. The maximum atomic E-state index is 12.0. The van der Waals surface area contributed by atoms with Crippen molar-refractivity contribution < 1.29 is 17.9 Å². The van der Waals surface area contributed by atoms with Gasteiger partial charge in [-0.3, -0.25) is 0 Å². The molecular weight excluding hydrogens is 243 g/mol. The first-order valence-electron chi connectivity index (χ1n) is 5.80. The van der Waals surface area contributed by atoms with Gasteiger partial charge in [-0.05, 0) is 37.6 Å². The maximum absolute atomic E-state index is 12.0. The normalized spacial score (nSPS) is 15.2. The number of hydrogen-bond donors (Lipinski definition) is 1. The smallest absolute Gasteiger partial charge is 0.422 e. The second-order valence-electron chi connectivity index (χ2n) is 4.34. The Morgan fingerprint density at radius 2 is 1.72 bits per heavy atom. The molecule has 0 fully saturated rings. The average molecular weight is 261 g/mol. The van der Waals surface area contributed by atoms with E-state index in [1.165, 1.54) is 0 Å². The first-order chi connectivity index (χ1) is 8.33. The highest BCUT2D eigenvalue weighted by molar-refractivity contribution is 5.29. The van der Waals surface area contributed by atoms with E-state index in [1.54, 1.807) is 24.3 Å². The zero-order chi connectivity index (χ0) is 13.8. The van der Waals surface area contributed by atoms with Crippen molar-refractivity contribution in [2.75, 3.05) is 13.7 Å². The molecule has 0 saturated heterocycles. The summed E-state index contributed by atoms with van der Waals surface area (Å²) in [6, 6.07) is 7.03. The molecule has 0 saturated carbocycles. The Morgan fingerprint density at radius 1 is 1.17 bits per heavy atom. The molecule has 18 heavy (non-hydrogen) atoms. The van der Waals surface area contributed by atoms with Gasteiger partial charge < -0.3 is 10.1 Å². The molecule has 0 aliphatic heterocycles. The molecule has 1 aromatic rings. The first-order valence-corrected chi connectivity index (χ1v) is 5.80. The Kier molecular flexibility index (Phi) is 5.02. The van der Waals surface area contributed by atoms with Gasteiger partial charge in [0, 0.05) is 6.04 Å². The third kappa shape index (κ3) is 4.56. The molecule has 0 aliphatic carbocycles. The number of likely N-dealkylation sites (N-methyl/N-ethyl adjacent to an activating group) is 1. The summed E-state index contributed by atoms with van der Waals surface area (Å²) in [7, 11) is 1.88. The summed E-state index contributed by atoms with van der Waals surface area (Å²) in [5, 5.41) is 3.14. The van der Waals surface area contributed by atoms with Gasteiger partial charge in [0.05, 0.1) is 0 Å². The van der Waals surface area contributed by atoms with Gasteiger partial charge in [-0.1, -0.05) is 19.1 Å². The number of nitrogens with one attached hydrogen (secondary N) is 1. The van der Waals surface area contributed by atoms with Crippen molar-refractivity contribution in [1.29, 1.82) is 0 Å². The summed E-state index contributed by atoms with van der Waals surface area (Å²) in [4.78, 5) is 0. The molecule has 102 valence electrons. The van der Waals surface area contributed by atoms with Gasteiger partial charge in [-0.2, -0.15) is 13.2 Å². The average Bonchev–Trinajstić information content (AvgIpc) is 2.34. The van der Waals surface area contributed by atoms with Crippen molar-refractivity contribution in [1.82, 2.24) is 5.32 Å². The summed E-state index contributed by atoms with van der Waals surface area (Å²) >= 11 is 0. The molecule has 0 aromatic heterocycles. The highest BCUT2D eigenvalue weighted by atomic mass is 19.4. The first kappa shape index (κ1) is 14.8. The lowest BCUT2D eigenvalue weighted by molar-refractivity contribution is -0.153. The predicted octanol–water partition coefficient (Wildman–Crippen LogP) is 3.34. The van der Waals surface area contributed by atoms with Crippen LogP contribution in [0.1, 0.15) is 25.3 Å². The van der Waals surface area contributed by atoms with Crippen LogP contribution >= 0.6 is 0 Å². The second kappa shape index (κ2) is 6.09. The number of benzene rings is 1. The molecule has 2 nitrogen and oxygen atoms in total. The molecule has 0 spiro atoms. The van der Waals surface area contributed by atoms with E-state index in [0.717, 1.165) is 5.56 Å². The van der Waals surface area contributed by atoms with Crippen molar-refractivity contribution in [2.24, 2.45) is 0 Å². The Labute approximate surface area is 105 Å². The number of rotatable bonds is 5. The quantitative estimate of drug-likeness (QED) is 0.877. The summed E-state index contributed by atoms with van der Waals surface area (Å²) in [6.45, 7) is 2.86. The molecule has 0 amide bonds. The Morgan fingerprint density at radius 3 is 2.17 bits per heavy atom. The SMILES string of the molecule is CNC(C)C(C)c1ccc(OCC(F)(F)F)cc1. The van der Waals surface area contributed by atoms with Crippen LogP contribution in [0.4, 0.5) is 13.2 Å². The van der Waals surface area contributed by atoms with Crippen LogP contribution in [0, 0.1) is 0 Å². The zero-order valence-electron chi connectivity index (χ0n) is 10.7. The van der Waals surface area contributed by atoms with E-state index in [-0.39, 0.29) is 11.7 Å². The van der Waals surface area contributed by atoms with Crippen LogP contribution in [-0.2, 0) is 0 Å². The largest absolute Gasteiger partial charge is 0.484 e. The molecule has 0 heterocycles. The Balaban J connectivity index is 2.63. The molecule has 1 rings (SSSR count). The van der Waals surface area contributed by atoms with Gasteiger partial charge in [0.2, 0.25) is 0 Å². The van der Waals surface area contributed by atoms with Gasteiger partial charge in [0.1, 0.15) is 5.75 Å². The van der Waals surface area contributed by atoms with Crippen molar-refractivity contribution in [2.45, 2.75) is 32.0 Å². The van der Waals surface area contributed by atoms with Crippen LogP contribution in [0.5, 0.6) is 5.75 Å². The molecule has 0 radical (unpaired) electrons. The van der Waals surface area contributed by atoms with Gasteiger partial charge in [0.15, 0.2) is 6.61 Å². The fourth-order valence-corrected chi connectivity index (χ4v) is 1.57. The molecule has 0 aliphatic rings. The number of halogens is 3. The summed E-state index contributed by atoms with van der Waals surface area (Å²) in [5.74, 6) is 0.520. The van der Waals surface area contributed by atoms with Crippen molar-refractivity contribution in [3.63, 3.8) is 0 Å². The summed E-state index contributed by atoms with van der Waals surface area (Å²) in [6.07, 6.45) is -4.30. The van der Waals surface area contributed by atoms with Crippen LogP contribution in [0.3, 0.4) is 0 Å². The fraction of sp³-hybridized carbons (Fsp3) is 0.538. The Bertz CT molecular complexity index is 361. The molecule has 1 N–H and O–H groups in total. The van der Waals surface area contributed by atoms with E-state index in [1.807, 2.05) is 7.05 Å². The highest BCUT2D eigenvalue weighted by Crippen LogP contribution is 2.23. The second-order valence-corrected chi connectivity index (χ2v) is 4.34. The summed E-state index contributed by atoms with van der Waals surface area (Å²) < 4.78 is 40.6.